The van der Waals surface area contributed by atoms with Crippen LogP contribution in [0, 0.1) is 5.41 Å². The van der Waals surface area contributed by atoms with Crippen LogP contribution in [-0.2, 0) is 4.74 Å². The van der Waals surface area contributed by atoms with Crippen LogP contribution in [-0.4, -0.2) is 58.8 Å². The molecule has 0 amide bonds. The van der Waals surface area contributed by atoms with E-state index in [4.69, 9.17) is 16.5 Å². The van der Waals surface area contributed by atoms with Crippen molar-refractivity contribution in [3.8, 4) is 0 Å². The number of rotatable bonds is 3. The van der Waals surface area contributed by atoms with E-state index in [1.807, 2.05) is 0 Å². The van der Waals surface area contributed by atoms with Crippen LogP contribution in [0.5, 0.6) is 0 Å². The summed E-state index contributed by atoms with van der Waals surface area (Å²) in [5, 5.41) is 31.4. The summed E-state index contributed by atoms with van der Waals surface area (Å²) in [6, 6.07) is 0. The van der Waals surface area contributed by atoms with Crippen molar-refractivity contribution in [2.24, 2.45) is 5.41 Å². The van der Waals surface area contributed by atoms with Gasteiger partial charge in [0.25, 0.3) is 0 Å². The Morgan fingerprint density at radius 2 is 2.04 bits per heavy atom. The van der Waals surface area contributed by atoms with E-state index >= 15 is 0 Å². The molecular formula is C13H16ClN5O4. The SMILES string of the molecule is CC1(C)[C@]2(O)[C@@H](CO)O[C@@H](n3cnc4c(NCl)ncnc43)[C@]12O. The van der Waals surface area contributed by atoms with E-state index in [-0.39, 0.29) is 0 Å². The molecule has 0 radical (unpaired) electrons. The molecule has 1 saturated carbocycles. The summed E-state index contributed by atoms with van der Waals surface area (Å²) in [4.78, 5) is 14.7. The molecule has 3 heterocycles. The highest BCUT2D eigenvalue weighted by molar-refractivity contribution is 6.24. The predicted molar refractivity (Wildman–Crippen MR) is 79.5 cm³/mol. The second kappa shape index (κ2) is 4.31. The van der Waals surface area contributed by atoms with Gasteiger partial charge in [0.1, 0.15) is 23.6 Å². The van der Waals surface area contributed by atoms with Crippen LogP contribution in [0.25, 0.3) is 11.2 Å². The van der Waals surface area contributed by atoms with E-state index in [2.05, 4.69) is 19.8 Å². The van der Waals surface area contributed by atoms with Crippen molar-refractivity contribution in [2.75, 3.05) is 11.4 Å². The fraction of sp³-hybridized carbons (Fsp3) is 0.615. The minimum Gasteiger partial charge on any atom is -0.394 e. The Hall–Kier alpha value is -1.52. The zero-order valence-corrected chi connectivity index (χ0v) is 13.2. The maximum atomic E-state index is 11.1. The minimum atomic E-state index is -1.57. The molecular weight excluding hydrogens is 326 g/mol. The molecule has 4 rings (SSSR count). The molecule has 1 saturated heterocycles. The Labute approximate surface area is 136 Å². The van der Waals surface area contributed by atoms with Gasteiger partial charge in [0, 0.05) is 17.2 Å². The Kier molecular flexibility index (Phi) is 2.82. The summed E-state index contributed by atoms with van der Waals surface area (Å²) in [6.07, 6.45) is 0.895. The lowest BCUT2D eigenvalue weighted by molar-refractivity contribution is -0.123. The van der Waals surface area contributed by atoms with Crippen LogP contribution >= 0.6 is 11.8 Å². The first-order valence-electron chi connectivity index (χ1n) is 7.09. The summed E-state index contributed by atoms with van der Waals surface area (Å²) in [5.41, 5.74) is -3.17. The number of hydrogen-bond donors (Lipinski definition) is 4. The maximum absolute atomic E-state index is 11.1. The summed E-state index contributed by atoms with van der Waals surface area (Å²) in [6.45, 7) is 3.05. The van der Waals surface area contributed by atoms with Gasteiger partial charge in [0.2, 0.25) is 0 Å². The van der Waals surface area contributed by atoms with Crippen LogP contribution in [0.4, 0.5) is 5.82 Å². The van der Waals surface area contributed by atoms with Crippen LogP contribution in [0.3, 0.4) is 0 Å². The zero-order chi connectivity index (χ0) is 16.6. The maximum Gasteiger partial charge on any atom is 0.172 e. The average molecular weight is 342 g/mol. The first kappa shape index (κ1) is 15.0. The molecule has 2 fully saturated rings. The number of fused-ring (bicyclic) bond motifs is 2. The van der Waals surface area contributed by atoms with Crippen LogP contribution < -0.4 is 4.84 Å². The van der Waals surface area contributed by atoms with Gasteiger partial charge in [-0.1, -0.05) is 13.8 Å². The fourth-order valence-corrected chi connectivity index (χ4v) is 4.07. The number of aromatic nitrogens is 4. The lowest BCUT2D eigenvalue weighted by Crippen LogP contribution is -2.36. The average Bonchev–Trinajstić information content (AvgIpc) is 2.91. The van der Waals surface area contributed by atoms with Crippen LogP contribution in [0.1, 0.15) is 20.1 Å². The van der Waals surface area contributed by atoms with E-state index < -0.39 is 35.6 Å². The minimum absolute atomic E-state index is 0.324. The van der Waals surface area contributed by atoms with Crippen molar-refractivity contribution in [3.05, 3.63) is 12.7 Å². The van der Waals surface area contributed by atoms with Gasteiger partial charge < -0.3 is 20.1 Å². The van der Waals surface area contributed by atoms with Crippen LogP contribution in [0.15, 0.2) is 12.7 Å². The lowest BCUT2D eigenvalue weighted by atomic mass is 10.0. The van der Waals surface area contributed by atoms with Gasteiger partial charge in [-0.05, 0) is 0 Å². The van der Waals surface area contributed by atoms with Crippen molar-refractivity contribution in [3.63, 3.8) is 0 Å². The third kappa shape index (κ3) is 1.41. The highest BCUT2D eigenvalue weighted by atomic mass is 35.5. The van der Waals surface area contributed by atoms with Crippen LogP contribution in [0.2, 0.25) is 0 Å². The molecule has 1 aliphatic heterocycles. The van der Waals surface area contributed by atoms with E-state index in [1.165, 1.54) is 17.2 Å². The van der Waals surface area contributed by atoms with Crippen molar-refractivity contribution in [2.45, 2.75) is 37.4 Å². The van der Waals surface area contributed by atoms with E-state index in [9.17, 15) is 15.3 Å². The van der Waals surface area contributed by atoms with Crippen molar-refractivity contribution >= 4 is 28.8 Å². The molecule has 0 spiro atoms. The van der Waals surface area contributed by atoms with Gasteiger partial charge in [-0.3, -0.25) is 9.40 Å². The first-order chi connectivity index (χ1) is 10.8. The summed E-state index contributed by atoms with van der Waals surface area (Å²) < 4.78 is 7.22. The molecule has 10 heteroatoms. The highest BCUT2D eigenvalue weighted by Crippen LogP contribution is 2.75. The Morgan fingerprint density at radius 1 is 1.30 bits per heavy atom. The molecule has 0 aromatic carbocycles. The highest BCUT2D eigenvalue weighted by Gasteiger charge is 2.92. The number of halogens is 1. The smallest absolute Gasteiger partial charge is 0.172 e. The fourth-order valence-electron chi connectivity index (χ4n) is 3.93. The number of ether oxygens (including phenoxy) is 1. The molecule has 9 nitrogen and oxygen atoms in total. The number of aliphatic hydroxyl groups is 3. The van der Waals surface area contributed by atoms with Gasteiger partial charge >= 0.3 is 0 Å². The zero-order valence-electron chi connectivity index (χ0n) is 12.4. The quantitative estimate of drug-likeness (QED) is 0.565. The lowest BCUT2D eigenvalue weighted by Gasteiger charge is -2.26. The van der Waals surface area contributed by atoms with E-state index in [1.54, 1.807) is 13.8 Å². The molecule has 0 bridgehead atoms. The molecule has 0 unspecified atom stereocenters. The number of aliphatic hydroxyl groups excluding tert-OH is 1. The van der Waals surface area contributed by atoms with Crippen molar-refractivity contribution in [1.82, 2.24) is 19.5 Å². The van der Waals surface area contributed by atoms with Gasteiger partial charge in [-0.2, -0.15) is 0 Å². The van der Waals surface area contributed by atoms with Gasteiger partial charge in [-0.15, -0.1) is 0 Å². The molecule has 124 valence electrons. The second-order valence-corrected chi connectivity index (χ2v) is 6.65. The molecule has 2 aromatic rings. The number of nitrogens with zero attached hydrogens (tertiary/aromatic N) is 4. The molecule has 4 N–H and O–H groups in total. The van der Waals surface area contributed by atoms with Crippen molar-refractivity contribution in [1.29, 1.82) is 0 Å². The predicted octanol–water partition coefficient (Wildman–Crippen LogP) is -0.216. The molecule has 2 aromatic heterocycles. The van der Waals surface area contributed by atoms with Gasteiger partial charge in [0.05, 0.1) is 12.9 Å². The standard InChI is InChI=1S/C13H16ClN5O4/c1-11(2)12(21)6(3-20)23-10(13(11,12)22)19-5-17-7-8(18-14)15-4-16-9(7)19/h4-6,10,20-22H,3H2,1-2H3,(H,15,16,18)/t6-,10-,12-,13+/m1/s1. The molecule has 4 atom stereocenters. The number of nitrogens with one attached hydrogen (secondary N) is 1. The molecule has 1 aliphatic carbocycles. The van der Waals surface area contributed by atoms with Gasteiger partial charge in [0.15, 0.2) is 23.2 Å². The second-order valence-electron chi connectivity index (χ2n) is 6.46. The van der Waals surface area contributed by atoms with Gasteiger partial charge in [-0.25, -0.2) is 15.0 Å². The topological polar surface area (TPSA) is 126 Å². The third-order valence-electron chi connectivity index (χ3n) is 5.41. The summed E-state index contributed by atoms with van der Waals surface area (Å²) in [7, 11) is 0. The largest absolute Gasteiger partial charge is 0.394 e. The van der Waals surface area contributed by atoms with E-state index in [0.29, 0.717) is 17.0 Å². The first-order valence-corrected chi connectivity index (χ1v) is 7.47. The third-order valence-corrected chi connectivity index (χ3v) is 5.59. The normalized spacial score (nSPS) is 37.8. The molecule has 2 aliphatic rings. The van der Waals surface area contributed by atoms with E-state index in [0.717, 1.165) is 0 Å². The Morgan fingerprint density at radius 3 is 2.65 bits per heavy atom. The summed E-state index contributed by atoms with van der Waals surface area (Å²) >= 11 is 5.61. The summed E-state index contributed by atoms with van der Waals surface area (Å²) in [5.74, 6) is 0.324. The monoisotopic (exact) mass is 341 g/mol. The Balaban J connectivity index is 1.87. The Bertz CT molecular complexity index is 798. The molecule has 23 heavy (non-hydrogen) atoms. The van der Waals surface area contributed by atoms with Crippen molar-refractivity contribution < 1.29 is 20.1 Å². The number of imidazole rings is 1. The number of hydrogen-bond acceptors (Lipinski definition) is 8. The number of anilines is 1.